The van der Waals surface area contributed by atoms with E-state index < -0.39 is 10.0 Å². The van der Waals surface area contributed by atoms with E-state index in [1.165, 1.54) is 18.4 Å². The van der Waals surface area contributed by atoms with E-state index in [0.717, 1.165) is 22.5 Å². The van der Waals surface area contributed by atoms with Crippen LogP contribution in [0.3, 0.4) is 0 Å². The monoisotopic (exact) mass is 315 g/mol. The first kappa shape index (κ1) is 14.7. The predicted octanol–water partition coefficient (Wildman–Crippen LogP) is 2.56. The highest BCUT2D eigenvalue weighted by atomic mass is 32.2. The highest BCUT2D eigenvalue weighted by molar-refractivity contribution is 7.89. The minimum Gasteiger partial charge on any atom is -0.306 e. The zero-order valence-corrected chi connectivity index (χ0v) is 13.5. The molecule has 1 aromatic carbocycles. The van der Waals surface area contributed by atoms with Gasteiger partial charge in [-0.1, -0.05) is 18.2 Å². The van der Waals surface area contributed by atoms with Crippen LogP contribution in [0.2, 0.25) is 0 Å². The third-order valence-electron chi connectivity index (χ3n) is 3.59. The van der Waals surface area contributed by atoms with E-state index in [4.69, 9.17) is 0 Å². The Hall–Kier alpha value is -2.18. The van der Waals surface area contributed by atoms with E-state index >= 15 is 0 Å². The van der Waals surface area contributed by atoms with Crippen LogP contribution in [0.1, 0.15) is 5.56 Å². The Morgan fingerprint density at radius 2 is 1.91 bits per heavy atom. The smallest absolute Gasteiger partial charge is 0.242 e. The van der Waals surface area contributed by atoms with Crippen LogP contribution in [0.15, 0.2) is 53.7 Å². The van der Waals surface area contributed by atoms with Crippen molar-refractivity contribution in [1.82, 2.24) is 13.7 Å². The maximum atomic E-state index is 12.2. The van der Waals surface area contributed by atoms with E-state index in [0.29, 0.717) is 0 Å². The quantitative estimate of drug-likeness (QED) is 0.746. The molecule has 22 heavy (non-hydrogen) atoms. The summed E-state index contributed by atoms with van der Waals surface area (Å²) in [5.41, 5.74) is 3.49. The zero-order chi connectivity index (χ0) is 15.9. The summed E-state index contributed by atoms with van der Waals surface area (Å²) in [7, 11) is -0.399. The number of imidazole rings is 1. The molecular weight excluding hydrogens is 298 g/mol. The van der Waals surface area contributed by atoms with Crippen LogP contribution in [0.5, 0.6) is 0 Å². The van der Waals surface area contributed by atoms with Crippen LogP contribution in [0.25, 0.3) is 16.9 Å². The van der Waals surface area contributed by atoms with Crippen molar-refractivity contribution in [3.05, 3.63) is 54.4 Å². The summed E-state index contributed by atoms with van der Waals surface area (Å²) in [5, 5.41) is 0. The molecule has 6 heteroatoms. The molecule has 0 amide bonds. The van der Waals surface area contributed by atoms with Gasteiger partial charge in [0.05, 0.1) is 10.6 Å². The van der Waals surface area contributed by atoms with Crippen molar-refractivity contribution < 1.29 is 8.42 Å². The molecule has 5 nitrogen and oxygen atoms in total. The number of hydrogen-bond acceptors (Lipinski definition) is 3. The number of hydrogen-bond donors (Lipinski definition) is 0. The lowest BCUT2D eigenvalue weighted by Gasteiger charge is -2.11. The second-order valence-electron chi connectivity index (χ2n) is 5.36. The average Bonchev–Trinajstić information content (AvgIpc) is 2.93. The van der Waals surface area contributed by atoms with Gasteiger partial charge in [-0.15, -0.1) is 0 Å². The number of nitrogens with zero attached hydrogens (tertiary/aromatic N) is 3. The molecule has 0 unspecified atom stereocenters. The lowest BCUT2D eigenvalue weighted by molar-refractivity contribution is 0.521. The molecule has 3 aromatic rings. The Morgan fingerprint density at radius 1 is 1.14 bits per heavy atom. The first-order valence-electron chi connectivity index (χ1n) is 6.87. The van der Waals surface area contributed by atoms with Gasteiger partial charge in [-0.25, -0.2) is 17.7 Å². The SMILES string of the molecule is Cc1cccn2cc(-c3cccc(S(=O)(=O)N(C)C)c3)nc12. The van der Waals surface area contributed by atoms with Crippen LogP contribution in [0.4, 0.5) is 0 Å². The van der Waals surface area contributed by atoms with Crippen molar-refractivity contribution in [2.24, 2.45) is 0 Å². The maximum absolute atomic E-state index is 12.2. The second kappa shape index (κ2) is 5.23. The fraction of sp³-hybridized carbons (Fsp3) is 0.188. The highest BCUT2D eigenvalue weighted by Crippen LogP contribution is 2.24. The Balaban J connectivity index is 2.14. The fourth-order valence-electron chi connectivity index (χ4n) is 2.32. The van der Waals surface area contributed by atoms with Gasteiger partial charge in [-0.05, 0) is 30.7 Å². The summed E-state index contributed by atoms with van der Waals surface area (Å²) in [6.07, 6.45) is 3.84. The van der Waals surface area contributed by atoms with E-state index in [9.17, 15) is 8.42 Å². The number of fused-ring (bicyclic) bond motifs is 1. The molecule has 0 saturated heterocycles. The summed E-state index contributed by atoms with van der Waals surface area (Å²) >= 11 is 0. The standard InChI is InChI=1S/C16H17N3O2S/c1-12-6-5-9-19-11-15(17-16(12)19)13-7-4-8-14(10-13)22(20,21)18(2)3/h4-11H,1-3H3. The average molecular weight is 315 g/mol. The first-order valence-corrected chi connectivity index (χ1v) is 8.31. The molecule has 2 heterocycles. The number of sulfonamides is 1. The molecule has 0 aliphatic heterocycles. The number of pyridine rings is 1. The Labute approximate surface area is 129 Å². The van der Waals surface area contributed by atoms with Crippen LogP contribution < -0.4 is 0 Å². The summed E-state index contributed by atoms with van der Waals surface area (Å²) in [4.78, 5) is 4.87. The predicted molar refractivity (Wildman–Crippen MR) is 86.2 cm³/mol. The molecule has 2 aromatic heterocycles. The van der Waals surface area contributed by atoms with Gasteiger partial charge in [0.15, 0.2) is 0 Å². The summed E-state index contributed by atoms with van der Waals surface area (Å²) in [5.74, 6) is 0. The number of aromatic nitrogens is 2. The van der Waals surface area contributed by atoms with Crippen LogP contribution in [-0.4, -0.2) is 36.2 Å². The van der Waals surface area contributed by atoms with Crippen molar-refractivity contribution in [1.29, 1.82) is 0 Å². The molecule has 0 saturated carbocycles. The van der Waals surface area contributed by atoms with Gasteiger partial charge in [-0.3, -0.25) is 0 Å². The number of rotatable bonds is 3. The Bertz CT molecular complexity index is 943. The third-order valence-corrected chi connectivity index (χ3v) is 5.40. The lowest BCUT2D eigenvalue weighted by atomic mass is 10.2. The largest absolute Gasteiger partial charge is 0.306 e. The molecule has 3 rings (SSSR count). The normalized spacial score (nSPS) is 12.2. The minimum absolute atomic E-state index is 0.267. The topological polar surface area (TPSA) is 54.7 Å². The highest BCUT2D eigenvalue weighted by Gasteiger charge is 2.18. The zero-order valence-electron chi connectivity index (χ0n) is 12.7. The van der Waals surface area contributed by atoms with Gasteiger partial charge in [0.2, 0.25) is 10.0 Å². The van der Waals surface area contributed by atoms with Gasteiger partial charge in [0.25, 0.3) is 0 Å². The molecule has 0 fully saturated rings. The lowest BCUT2D eigenvalue weighted by Crippen LogP contribution is -2.22. The van der Waals surface area contributed by atoms with Gasteiger partial charge in [0, 0.05) is 32.1 Å². The van der Waals surface area contributed by atoms with Crippen molar-refractivity contribution >= 4 is 15.7 Å². The molecule has 0 radical (unpaired) electrons. The van der Waals surface area contributed by atoms with Crippen molar-refractivity contribution in [3.8, 4) is 11.3 Å². The molecular formula is C16H17N3O2S. The molecule has 0 atom stereocenters. The van der Waals surface area contributed by atoms with Crippen molar-refractivity contribution in [3.63, 3.8) is 0 Å². The molecule has 0 N–H and O–H groups in total. The van der Waals surface area contributed by atoms with E-state index in [1.807, 2.05) is 41.9 Å². The van der Waals surface area contributed by atoms with Gasteiger partial charge in [0.1, 0.15) is 5.65 Å². The first-order chi connectivity index (χ1) is 10.4. The maximum Gasteiger partial charge on any atom is 0.242 e. The third kappa shape index (κ3) is 2.40. The Kier molecular flexibility index (Phi) is 3.50. The molecule has 114 valence electrons. The van der Waals surface area contributed by atoms with E-state index in [-0.39, 0.29) is 4.90 Å². The van der Waals surface area contributed by atoms with Gasteiger partial charge in [-0.2, -0.15) is 0 Å². The molecule has 0 bridgehead atoms. The van der Waals surface area contributed by atoms with E-state index in [2.05, 4.69) is 4.98 Å². The summed E-state index contributed by atoms with van der Waals surface area (Å²) in [6, 6.07) is 10.8. The van der Waals surface area contributed by atoms with Gasteiger partial charge >= 0.3 is 0 Å². The Morgan fingerprint density at radius 3 is 2.59 bits per heavy atom. The summed E-state index contributed by atoms with van der Waals surface area (Å²) < 4.78 is 27.6. The van der Waals surface area contributed by atoms with Gasteiger partial charge < -0.3 is 4.40 Å². The fourth-order valence-corrected chi connectivity index (χ4v) is 3.27. The van der Waals surface area contributed by atoms with Crippen molar-refractivity contribution in [2.45, 2.75) is 11.8 Å². The number of aryl methyl sites for hydroxylation is 1. The molecule has 0 spiro atoms. The van der Waals surface area contributed by atoms with Crippen LogP contribution in [0, 0.1) is 6.92 Å². The minimum atomic E-state index is -3.45. The summed E-state index contributed by atoms with van der Waals surface area (Å²) in [6.45, 7) is 2.00. The van der Waals surface area contributed by atoms with Crippen LogP contribution >= 0.6 is 0 Å². The molecule has 0 aliphatic carbocycles. The van der Waals surface area contributed by atoms with E-state index in [1.54, 1.807) is 18.2 Å². The number of benzene rings is 1. The van der Waals surface area contributed by atoms with Crippen LogP contribution in [-0.2, 0) is 10.0 Å². The van der Waals surface area contributed by atoms with Crippen molar-refractivity contribution in [2.75, 3.05) is 14.1 Å². The second-order valence-corrected chi connectivity index (χ2v) is 7.52. The molecule has 0 aliphatic rings.